The third-order valence-electron chi connectivity index (χ3n) is 5.64. The van der Waals surface area contributed by atoms with Crippen LogP contribution in [0.15, 0.2) is 18.2 Å². The van der Waals surface area contributed by atoms with Gasteiger partial charge < -0.3 is 19.7 Å². The van der Waals surface area contributed by atoms with Crippen LogP contribution in [0.3, 0.4) is 0 Å². The van der Waals surface area contributed by atoms with Gasteiger partial charge in [-0.05, 0) is 37.0 Å². The highest BCUT2D eigenvalue weighted by Gasteiger charge is 2.41. The molecule has 9 nitrogen and oxygen atoms in total. The van der Waals surface area contributed by atoms with Gasteiger partial charge in [0.1, 0.15) is 6.04 Å². The van der Waals surface area contributed by atoms with E-state index in [4.69, 9.17) is 14.7 Å². The number of halogens is 1. The number of fused-ring (bicyclic) bond motifs is 1. The Labute approximate surface area is 179 Å². The van der Waals surface area contributed by atoms with Crippen LogP contribution in [0.1, 0.15) is 44.6 Å². The zero-order valence-corrected chi connectivity index (χ0v) is 17.4. The van der Waals surface area contributed by atoms with E-state index in [1.165, 1.54) is 10.4 Å². The van der Waals surface area contributed by atoms with Crippen molar-refractivity contribution in [2.75, 3.05) is 13.3 Å². The molecule has 0 radical (unpaired) electrons. The molecule has 170 valence electrons. The predicted molar refractivity (Wildman–Crippen MR) is 107 cm³/mol. The Bertz CT molecular complexity index is 820. The minimum atomic E-state index is -2.18. The number of ether oxygens (including phenoxy) is 2. The maximum atomic E-state index is 14.6. The first-order valence-corrected chi connectivity index (χ1v) is 10.5. The molecule has 10 heteroatoms. The second-order valence-corrected chi connectivity index (χ2v) is 7.72. The zero-order valence-electron chi connectivity index (χ0n) is 17.4. The van der Waals surface area contributed by atoms with E-state index in [1.54, 1.807) is 12.1 Å². The van der Waals surface area contributed by atoms with Gasteiger partial charge in [0.2, 0.25) is 18.6 Å². The number of carbonyl (C=O) groups excluding carboxylic acids is 3. The predicted octanol–water partition coefficient (Wildman–Crippen LogP) is 1.67. The lowest BCUT2D eigenvalue weighted by molar-refractivity contribution is -0.149. The van der Waals surface area contributed by atoms with Gasteiger partial charge in [0, 0.05) is 13.1 Å². The van der Waals surface area contributed by atoms with Crippen molar-refractivity contribution in [3.8, 4) is 11.5 Å². The molecule has 0 spiro atoms. The quantitative estimate of drug-likeness (QED) is 0.400. The maximum Gasteiger partial charge on any atom is 0.278 e. The highest BCUT2D eigenvalue weighted by atomic mass is 19.1. The van der Waals surface area contributed by atoms with Crippen LogP contribution in [0.25, 0.3) is 0 Å². The largest absolute Gasteiger partial charge is 0.454 e. The fourth-order valence-electron chi connectivity index (χ4n) is 3.94. The number of nitrogens with zero attached hydrogens (tertiary/aromatic N) is 1. The first-order valence-electron chi connectivity index (χ1n) is 10.5. The summed E-state index contributed by atoms with van der Waals surface area (Å²) in [6.45, 7) is 2.61. The molecule has 2 aliphatic heterocycles. The van der Waals surface area contributed by atoms with Crippen LogP contribution in [0.5, 0.6) is 11.5 Å². The second-order valence-electron chi connectivity index (χ2n) is 7.72. The van der Waals surface area contributed by atoms with Crippen molar-refractivity contribution in [3.05, 3.63) is 23.8 Å². The van der Waals surface area contributed by atoms with Crippen LogP contribution in [-0.4, -0.2) is 53.4 Å². The van der Waals surface area contributed by atoms with Gasteiger partial charge in [-0.1, -0.05) is 25.8 Å². The second kappa shape index (κ2) is 10.4. The van der Waals surface area contributed by atoms with E-state index in [9.17, 15) is 18.8 Å². The fourth-order valence-corrected chi connectivity index (χ4v) is 3.94. The summed E-state index contributed by atoms with van der Waals surface area (Å²) in [6.07, 6.45) is 0.314. The lowest BCUT2D eigenvalue weighted by atomic mass is 9.94. The van der Waals surface area contributed by atoms with Crippen LogP contribution in [-0.2, 0) is 20.9 Å². The number of carbonyl (C=O) groups is 3. The zero-order chi connectivity index (χ0) is 22.4. The average molecular weight is 437 g/mol. The van der Waals surface area contributed by atoms with Crippen LogP contribution < -0.4 is 20.3 Å². The first-order chi connectivity index (χ1) is 15.0. The summed E-state index contributed by atoms with van der Waals surface area (Å²) in [5, 5.41) is 11.6. The summed E-state index contributed by atoms with van der Waals surface area (Å²) < 4.78 is 25.1. The smallest absolute Gasteiger partial charge is 0.278 e. The van der Waals surface area contributed by atoms with Gasteiger partial charge in [0.15, 0.2) is 17.7 Å². The fraction of sp³-hybridized carbons (Fsp3) is 0.571. The minimum Gasteiger partial charge on any atom is -0.454 e. The number of hydrogen-bond acceptors (Lipinski definition) is 6. The van der Waals surface area contributed by atoms with Crippen molar-refractivity contribution in [2.24, 2.45) is 5.92 Å². The molecule has 3 atom stereocenters. The van der Waals surface area contributed by atoms with E-state index < -0.39 is 29.9 Å². The number of nitrogens with one attached hydrogen (secondary N) is 2. The van der Waals surface area contributed by atoms with Crippen LogP contribution in [0.4, 0.5) is 4.39 Å². The summed E-state index contributed by atoms with van der Waals surface area (Å²) in [5.41, 5.74) is 2.09. The van der Waals surface area contributed by atoms with Gasteiger partial charge in [-0.3, -0.25) is 19.6 Å². The van der Waals surface area contributed by atoms with E-state index in [0.717, 1.165) is 12.0 Å². The van der Waals surface area contributed by atoms with E-state index in [1.807, 2.05) is 13.0 Å². The molecule has 0 bridgehead atoms. The molecule has 0 aliphatic carbocycles. The molecular weight excluding hydrogens is 409 g/mol. The van der Waals surface area contributed by atoms with Gasteiger partial charge in [-0.2, -0.15) is 0 Å². The van der Waals surface area contributed by atoms with Crippen molar-refractivity contribution in [2.45, 2.75) is 57.8 Å². The Kier molecular flexibility index (Phi) is 7.67. The normalized spacial score (nSPS) is 19.1. The maximum absolute atomic E-state index is 14.6. The van der Waals surface area contributed by atoms with E-state index in [-0.39, 0.29) is 25.7 Å². The topological polar surface area (TPSA) is 117 Å². The first kappa shape index (κ1) is 22.8. The molecule has 3 amide bonds. The van der Waals surface area contributed by atoms with Gasteiger partial charge in [-0.25, -0.2) is 9.87 Å². The molecule has 3 rings (SSSR count). The number of benzene rings is 1. The molecular formula is C21H28FN3O6. The Morgan fingerprint density at radius 3 is 2.81 bits per heavy atom. The van der Waals surface area contributed by atoms with Crippen LogP contribution >= 0.6 is 0 Å². The van der Waals surface area contributed by atoms with E-state index in [2.05, 4.69) is 5.32 Å². The molecule has 1 aromatic rings. The molecule has 0 aromatic heterocycles. The van der Waals surface area contributed by atoms with E-state index >= 15 is 0 Å². The monoisotopic (exact) mass is 437 g/mol. The number of amides is 3. The van der Waals surface area contributed by atoms with Gasteiger partial charge >= 0.3 is 0 Å². The van der Waals surface area contributed by atoms with Crippen molar-refractivity contribution in [1.29, 1.82) is 0 Å². The van der Waals surface area contributed by atoms with Crippen LogP contribution in [0.2, 0.25) is 0 Å². The molecule has 1 fully saturated rings. The van der Waals surface area contributed by atoms with Crippen molar-refractivity contribution < 1.29 is 33.5 Å². The van der Waals surface area contributed by atoms with E-state index in [0.29, 0.717) is 37.3 Å². The summed E-state index contributed by atoms with van der Waals surface area (Å²) >= 11 is 0. The number of hydrogen-bond donors (Lipinski definition) is 3. The van der Waals surface area contributed by atoms with Crippen molar-refractivity contribution >= 4 is 17.7 Å². The Morgan fingerprint density at radius 1 is 1.29 bits per heavy atom. The van der Waals surface area contributed by atoms with Crippen molar-refractivity contribution in [3.63, 3.8) is 0 Å². The summed E-state index contributed by atoms with van der Waals surface area (Å²) in [6, 6.07) is 4.63. The third kappa shape index (κ3) is 5.25. The highest BCUT2D eigenvalue weighted by molar-refractivity contribution is 5.92. The highest BCUT2D eigenvalue weighted by Crippen LogP contribution is 2.32. The molecule has 1 saturated heterocycles. The molecule has 2 aliphatic rings. The SMILES string of the molecule is CCCCC(C(=O)N1CCCC1C(=O)NCc1ccc2c(c1)OCO2)[C@H](F)C(=O)NO. The number of likely N-dealkylation sites (tertiary alicyclic amines) is 1. The number of rotatable bonds is 9. The molecule has 0 saturated carbocycles. The van der Waals surface area contributed by atoms with Crippen LogP contribution in [0, 0.1) is 5.92 Å². The third-order valence-corrected chi connectivity index (χ3v) is 5.64. The van der Waals surface area contributed by atoms with Gasteiger partial charge in [0.05, 0.1) is 5.92 Å². The number of hydroxylamine groups is 1. The van der Waals surface area contributed by atoms with Gasteiger partial charge in [0.25, 0.3) is 5.91 Å². The Morgan fingerprint density at radius 2 is 2.06 bits per heavy atom. The number of unbranched alkanes of at least 4 members (excludes halogenated alkanes) is 1. The molecule has 3 N–H and O–H groups in total. The molecule has 2 heterocycles. The molecule has 31 heavy (non-hydrogen) atoms. The average Bonchev–Trinajstić information content (AvgIpc) is 3.45. The summed E-state index contributed by atoms with van der Waals surface area (Å²) in [4.78, 5) is 38.8. The lowest BCUT2D eigenvalue weighted by Gasteiger charge is -2.29. The molecule has 2 unspecified atom stereocenters. The van der Waals surface area contributed by atoms with Crippen molar-refractivity contribution in [1.82, 2.24) is 15.7 Å². The standard InChI is InChI=1S/C21H28FN3O6/c1-2-3-5-14(18(22)20(27)24-29)21(28)25-9-4-6-15(25)19(26)23-11-13-7-8-16-17(10-13)31-12-30-16/h7-8,10,14-15,18,29H,2-6,9,11-12H2,1H3,(H,23,26)(H,24,27)/t14?,15?,18-/m0/s1. The summed E-state index contributed by atoms with van der Waals surface area (Å²) in [7, 11) is 0. The lowest BCUT2D eigenvalue weighted by Crippen LogP contribution is -2.50. The molecule has 1 aromatic carbocycles. The Balaban J connectivity index is 1.64. The van der Waals surface area contributed by atoms with Gasteiger partial charge in [-0.15, -0.1) is 0 Å². The minimum absolute atomic E-state index is 0.159. The summed E-state index contributed by atoms with van der Waals surface area (Å²) in [5.74, 6) is -2.15. The Hall–Kier alpha value is -2.88. The number of alkyl halides is 1.